The summed E-state index contributed by atoms with van der Waals surface area (Å²) in [6.45, 7) is 6.91. The molecule has 2 heterocycles. The summed E-state index contributed by atoms with van der Waals surface area (Å²) in [5, 5.41) is 8.09. The van der Waals surface area contributed by atoms with Crippen molar-refractivity contribution in [2.24, 2.45) is 0 Å². The van der Waals surface area contributed by atoms with E-state index in [1.165, 1.54) is 24.1 Å². The summed E-state index contributed by atoms with van der Waals surface area (Å²) in [5.41, 5.74) is 3.65. The maximum absolute atomic E-state index is 4.54. The molecule has 0 atom stereocenters. The average molecular weight is 337 g/mol. The van der Waals surface area contributed by atoms with Crippen molar-refractivity contribution in [3.63, 3.8) is 0 Å². The van der Waals surface area contributed by atoms with Gasteiger partial charge in [0.15, 0.2) is 0 Å². The quantitative estimate of drug-likeness (QED) is 0.879. The van der Waals surface area contributed by atoms with Gasteiger partial charge in [-0.2, -0.15) is 5.10 Å². The molecule has 2 aromatic rings. The van der Waals surface area contributed by atoms with Gasteiger partial charge in [0.25, 0.3) is 0 Å². The molecule has 4 nitrogen and oxygen atoms in total. The third-order valence-electron chi connectivity index (χ3n) is 3.77. The fraction of sp³-hybridized carbons (Fsp3) is 0.533. The molecule has 1 N–H and O–H groups in total. The lowest BCUT2D eigenvalue weighted by molar-refractivity contribution is 0.596. The van der Waals surface area contributed by atoms with Crippen molar-refractivity contribution in [1.29, 1.82) is 0 Å². The number of aromatic nitrogens is 3. The molecule has 2 aromatic heterocycles. The number of halogens is 1. The molecule has 0 spiro atoms. The van der Waals surface area contributed by atoms with E-state index in [0.717, 1.165) is 35.8 Å². The molecule has 0 unspecified atom stereocenters. The van der Waals surface area contributed by atoms with Gasteiger partial charge in [-0.25, -0.2) is 0 Å². The maximum Gasteiger partial charge on any atom is 0.0739 e. The molecule has 1 saturated carbocycles. The second kappa shape index (κ2) is 5.74. The molecule has 1 aliphatic carbocycles. The van der Waals surface area contributed by atoms with Crippen LogP contribution in [0.1, 0.15) is 36.7 Å². The van der Waals surface area contributed by atoms with Crippen LogP contribution < -0.4 is 5.32 Å². The first-order chi connectivity index (χ1) is 9.67. The minimum Gasteiger partial charge on any atom is -0.348 e. The summed E-state index contributed by atoms with van der Waals surface area (Å²) in [6.07, 6.45) is 7.05. The molecule has 0 aliphatic heterocycles. The Bertz CT molecular complexity index is 595. The summed E-state index contributed by atoms with van der Waals surface area (Å²) < 4.78 is 5.43. The van der Waals surface area contributed by atoms with Crippen LogP contribution in [0.5, 0.6) is 0 Å². The van der Waals surface area contributed by atoms with E-state index in [-0.39, 0.29) is 0 Å². The van der Waals surface area contributed by atoms with Crippen LogP contribution in [0, 0.1) is 6.92 Å². The van der Waals surface area contributed by atoms with Crippen molar-refractivity contribution in [3.05, 3.63) is 39.9 Å². The van der Waals surface area contributed by atoms with Gasteiger partial charge in [0.2, 0.25) is 0 Å². The number of hydrogen-bond acceptors (Lipinski definition) is 2. The summed E-state index contributed by atoms with van der Waals surface area (Å²) in [4.78, 5) is 0. The van der Waals surface area contributed by atoms with Crippen LogP contribution in [-0.2, 0) is 19.6 Å². The summed E-state index contributed by atoms with van der Waals surface area (Å²) in [6, 6.07) is 2.96. The van der Waals surface area contributed by atoms with E-state index in [1.54, 1.807) is 0 Å². The molecule has 0 radical (unpaired) electrons. The van der Waals surface area contributed by atoms with Gasteiger partial charge in [-0.3, -0.25) is 4.68 Å². The van der Waals surface area contributed by atoms with Gasteiger partial charge in [-0.05, 0) is 54.2 Å². The second-order valence-electron chi connectivity index (χ2n) is 5.51. The van der Waals surface area contributed by atoms with Crippen LogP contribution >= 0.6 is 15.9 Å². The number of nitrogens with zero attached hydrogens (tertiary/aromatic N) is 3. The van der Waals surface area contributed by atoms with Crippen molar-refractivity contribution in [3.8, 4) is 0 Å². The first kappa shape index (κ1) is 13.9. The SMILES string of the molecule is CCn1nc(C)c(Br)c1Cn1ccc(CNC2CC2)c1. The Hall–Kier alpha value is -1.07. The van der Waals surface area contributed by atoms with Crippen molar-refractivity contribution >= 4 is 15.9 Å². The highest BCUT2D eigenvalue weighted by molar-refractivity contribution is 9.10. The predicted molar refractivity (Wildman–Crippen MR) is 83.7 cm³/mol. The maximum atomic E-state index is 4.54. The Labute approximate surface area is 128 Å². The molecule has 3 rings (SSSR count). The molecular weight excluding hydrogens is 316 g/mol. The third-order valence-corrected chi connectivity index (χ3v) is 4.80. The average Bonchev–Trinajstić information content (AvgIpc) is 3.11. The summed E-state index contributed by atoms with van der Waals surface area (Å²) in [5.74, 6) is 0. The molecule has 0 saturated heterocycles. The molecule has 1 aliphatic rings. The first-order valence-corrected chi connectivity index (χ1v) is 8.06. The van der Waals surface area contributed by atoms with E-state index in [2.05, 4.69) is 61.0 Å². The number of hydrogen-bond donors (Lipinski definition) is 1. The summed E-state index contributed by atoms with van der Waals surface area (Å²) >= 11 is 3.66. The zero-order chi connectivity index (χ0) is 14.1. The molecular formula is C15H21BrN4. The largest absolute Gasteiger partial charge is 0.348 e. The van der Waals surface area contributed by atoms with E-state index in [9.17, 15) is 0 Å². The normalized spacial score (nSPS) is 14.9. The first-order valence-electron chi connectivity index (χ1n) is 7.27. The molecule has 5 heteroatoms. The van der Waals surface area contributed by atoms with E-state index in [1.807, 2.05) is 6.92 Å². The fourth-order valence-electron chi connectivity index (χ4n) is 2.44. The Morgan fingerprint density at radius 1 is 1.45 bits per heavy atom. The highest BCUT2D eigenvalue weighted by atomic mass is 79.9. The lowest BCUT2D eigenvalue weighted by Gasteiger charge is -2.07. The zero-order valence-electron chi connectivity index (χ0n) is 12.1. The highest BCUT2D eigenvalue weighted by Gasteiger charge is 2.20. The smallest absolute Gasteiger partial charge is 0.0739 e. The van der Waals surface area contributed by atoms with Gasteiger partial charge in [0.1, 0.15) is 0 Å². The van der Waals surface area contributed by atoms with Crippen LogP contribution in [0.15, 0.2) is 22.9 Å². The van der Waals surface area contributed by atoms with Gasteiger partial charge < -0.3 is 9.88 Å². The van der Waals surface area contributed by atoms with Gasteiger partial charge in [-0.15, -0.1) is 0 Å². The van der Waals surface area contributed by atoms with Gasteiger partial charge in [0.05, 0.1) is 22.4 Å². The van der Waals surface area contributed by atoms with Crippen LogP contribution in [0.4, 0.5) is 0 Å². The number of aryl methyl sites for hydroxylation is 2. The minimum absolute atomic E-state index is 0.761. The van der Waals surface area contributed by atoms with Gasteiger partial charge >= 0.3 is 0 Å². The predicted octanol–water partition coefficient (Wildman–Crippen LogP) is 3.08. The van der Waals surface area contributed by atoms with Crippen molar-refractivity contribution in [2.45, 2.75) is 52.4 Å². The number of rotatable bonds is 6. The highest BCUT2D eigenvalue weighted by Crippen LogP contribution is 2.22. The summed E-state index contributed by atoms with van der Waals surface area (Å²) in [7, 11) is 0. The van der Waals surface area contributed by atoms with Crippen molar-refractivity contribution in [2.75, 3.05) is 0 Å². The van der Waals surface area contributed by atoms with Crippen LogP contribution in [0.3, 0.4) is 0 Å². The van der Waals surface area contributed by atoms with Gasteiger partial charge in [0, 0.05) is 31.5 Å². The molecule has 20 heavy (non-hydrogen) atoms. The van der Waals surface area contributed by atoms with E-state index in [0.29, 0.717) is 0 Å². The van der Waals surface area contributed by atoms with E-state index >= 15 is 0 Å². The molecule has 0 amide bonds. The molecule has 108 valence electrons. The molecule has 1 fully saturated rings. The monoisotopic (exact) mass is 336 g/mol. The zero-order valence-corrected chi connectivity index (χ0v) is 13.7. The van der Waals surface area contributed by atoms with Gasteiger partial charge in [-0.1, -0.05) is 0 Å². The lowest BCUT2D eigenvalue weighted by atomic mass is 10.3. The second-order valence-corrected chi connectivity index (χ2v) is 6.30. The topological polar surface area (TPSA) is 34.8 Å². The van der Waals surface area contributed by atoms with Crippen LogP contribution in [0.25, 0.3) is 0 Å². The Morgan fingerprint density at radius 3 is 2.95 bits per heavy atom. The molecule has 0 bridgehead atoms. The third kappa shape index (κ3) is 2.99. The van der Waals surface area contributed by atoms with E-state index < -0.39 is 0 Å². The van der Waals surface area contributed by atoms with Crippen LogP contribution in [-0.4, -0.2) is 20.4 Å². The standard InChI is InChI=1S/C15H21BrN4/c1-3-20-14(15(16)11(2)18-20)10-19-7-6-12(9-19)8-17-13-4-5-13/h6-7,9,13,17H,3-5,8,10H2,1-2H3. The Morgan fingerprint density at radius 2 is 2.25 bits per heavy atom. The van der Waals surface area contributed by atoms with Crippen molar-refractivity contribution < 1.29 is 0 Å². The molecule has 0 aromatic carbocycles. The minimum atomic E-state index is 0.761. The lowest BCUT2D eigenvalue weighted by Crippen LogP contribution is -2.14. The Kier molecular flexibility index (Phi) is 3.98. The fourth-order valence-corrected chi connectivity index (χ4v) is 2.85. The van der Waals surface area contributed by atoms with Crippen LogP contribution in [0.2, 0.25) is 0 Å². The van der Waals surface area contributed by atoms with E-state index in [4.69, 9.17) is 0 Å². The number of nitrogens with one attached hydrogen (secondary N) is 1. The van der Waals surface area contributed by atoms with Crippen molar-refractivity contribution in [1.82, 2.24) is 19.7 Å². The Balaban J connectivity index is 1.70.